The zero-order valence-corrected chi connectivity index (χ0v) is 14.1. The maximum Gasteiger partial charge on any atom is 0.408 e. The number of hydrogen-bond donors (Lipinski definition) is 3. The monoisotopic (exact) mass is 333 g/mol. The lowest BCUT2D eigenvalue weighted by molar-refractivity contribution is -0.120. The number of benzene rings is 1. The van der Waals surface area contributed by atoms with E-state index in [1.165, 1.54) is 6.08 Å². The molecule has 0 unspecified atom stereocenters. The molecule has 130 valence electrons. The van der Waals surface area contributed by atoms with Crippen molar-refractivity contribution in [2.24, 2.45) is 0 Å². The first-order valence-corrected chi connectivity index (χ1v) is 7.46. The van der Waals surface area contributed by atoms with E-state index in [4.69, 9.17) is 4.74 Å². The van der Waals surface area contributed by atoms with Gasteiger partial charge in [0.05, 0.1) is 0 Å². The molecule has 0 atom stereocenters. The third-order valence-corrected chi connectivity index (χ3v) is 2.73. The van der Waals surface area contributed by atoms with Crippen LogP contribution in [0.2, 0.25) is 0 Å². The van der Waals surface area contributed by atoms with Crippen molar-refractivity contribution in [2.45, 2.75) is 32.9 Å². The molecule has 0 fully saturated rings. The van der Waals surface area contributed by atoms with Crippen LogP contribution in [-0.2, 0) is 20.9 Å². The van der Waals surface area contributed by atoms with Gasteiger partial charge in [-0.3, -0.25) is 9.59 Å². The van der Waals surface area contributed by atoms with Gasteiger partial charge in [-0.25, -0.2) is 4.79 Å². The Bertz CT molecular complexity index is 621. The number of anilines is 1. The van der Waals surface area contributed by atoms with Gasteiger partial charge in [0.1, 0.15) is 12.1 Å². The number of rotatable bonds is 6. The van der Waals surface area contributed by atoms with Crippen molar-refractivity contribution in [1.29, 1.82) is 0 Å². The standard InChI is InChI=1S/C17H23N3O4/c1-5-14(21)20-13-9-7-6-8-12(13)10-18-15(22)11-19-16(23)24-17(2,3)4/h5-9H,1,10-11H2,2-4H3,(H,18,22)(H,19,23)(H,20,21). The predicted octanol–water partition coefficient (Wildman–Crippen LogP) is 1.95. The lowest BCUT2D eigenvalue weighted by atomic mass is 10.1. The van der Waals surface area contributed by atoms with E-state index in [1.54, 1.807) is 45.0 Å². The van der Waals surface area contributed by atoms with E-state index in [0.717, 1.165) is 5.56 Å². The van der Waals surface area contributed by atoms with Crippen LogP contribution in [0.25, 0.3) is 0 Å². The van der Waals surface area contributed by atoms with Gasteiger partial charge >= 0.3 is 6.09 Å². The maximum atomic E-state index is 11.8. The molecule has 0 saturated heterocycles. The van der Waals surface area contributed by atoms with Crippen molar-refractivity contribution < 1.29 is 19.1 Å². The first-order valence-electron chi connectivity index (χ1n) is 7.46. The van der Waals surface area contributed by atoms with Gasteiger partial charge < -0.3 is 20.7 Å². The Morgan fingerprint density at radius 1 is 1.17 bits per heavy atom. The van der Waals surface area contributed by atoms with Gasteiger partial charge in [-0.05, 0) is 38.5 Å². The maximum absolute atomic E-state index is 11.8. The largest absolute Gasteiger partial charge is 0.444 e. The van der Waals surface area contributed by atoms with Crippen LogP contribution in [0.4, 0.5) is 10.5 Å². The Kier molecular flexibility index (Phi) is 6.98. The SMILES string of the molecule is C=CC(=O)Nc1ccccc1CNC(=O)CNC(=O)OC(C)(C)C. The fourth-order valence-corrected chi connectivity index (χ4v) is 1.70. The van der Waals surface area contributed by atoms with E-state index in [1.807, 2.05) is 0 Å². The summed E-state index contributed by atoms with van der Waals surface area (Å²) < 4.78 is 5.04. The molecule has 0 radical (unpaired) electrons. The second kappa shape index (κ2) is 8.71. The van der Waals surface area contributed by atoms with Crippen molar-refractivity contribution >= 4 is 23.6 Å². The number of alkyl carbamates (subject to hydrolysis) is 1. The fraction of sp³-hybridized carbons (Fsp3) is 0.353. The third kappa shape index (κ3) is 7.44. The van der Waals surface area contributed by atoms with Crippen molar-refractivity contribution in [1.82, 2.24) is 10.6 Å². The predicted molar refractivity (Wildman–Crippen MR) is 91.4 cm³/mol. The Hall–Kier alpha value is -2.83. The van der Waals surface area contributed by atoms with Crippen molar-refractivity contribution in [2.75, 3.05) is 11.9 Å². The van der Waals surface area contributed by atoms with E-state index in [0.29, 0.717) is 5.69 Å². The number of hydrogen-bond acceptors (Lipinski definition) is 4. The lowest BCUT2D eigenvalue weighted by Crippen LogP contribution is -2.39. The van der Waals surface area contributed by atoms with Crippen LogP contribution in [0, 0.1) is 0 Å². The molecule has 1 aromatic rings. The smallest absolute Gasteiger partial charge is 0.408 e. The number of amides is 3. The highest BCUT2D eigenvalue weighted by molar-refractivity contribution is 5.99. The van der Waals surface area contributed by atoms with E-state index >= 15 is 0 Å². The molecule has 0 heterocycles. The van der Waals surface area contributed by atoms with Crippen molar-refractivity contribution in [3.05, 3.63) is 42.5 Å². The summed E-state index contributed by atoms with van der Waals surface area (Å²) in [6.45, 7) is 8.62. The second-order valence-electron chi connectivity index (χ2n) is 5.98. The molecule has 0 saturated carbocycles. The normalized spacial score (nSPS) is 10.5. The first kappa shape index (κ1) is 19.2. The summed E-state index contributed by atoms with van der Waals surface area (Å²) in [5, 5.41) is 7.70. The average Bonchev–Trinajstić information content (AvgIpc) is 2.50. The van der Waals surface area contributed by atoms with Crippen LogP contribution in [0.15, 0.2) is 36.9 Å². The van der Waals surface area contributed by atoms with E-state index < -0.39 is 11.7 Å². The average molecular weight is 333 g/mol. The van der Waals surface area contributed by atoms with E-state index in [-0.39, 0.29) is 24.9 Å². The van der Waals surface area contributed by atoms with Crippen LogP contribution < -0.4 is 16.0 Å². The molecule has 1 aromatic carbocycles. The minimum absolute atomic E-state index is 0.198. The Labute approximate surface area is 141 Å². The Balaban J connectivity index is 2.49. The fourth-order valence-electron chi connectivity index (χ4n) is 1.70. The zero-order valence-electron chi connectivity index (χ0n) is 14.1. The summed E-state index contributed by atoms with van der Waals surface area (Å²) >= 11 is 0. The van der Waals surface area contributed by atoms with Crippen LogP contribution in [0.5, 0.6) is 0 Å². The van der Waals surface area contributed by atoms with Gasteiger partial charge in [0.25, 0.3) is 0 Å². The van der Waals surface area contributed by atoms with Gasteiger partial charge in [-0.15, -0.1) is 0 Å². The van der Waals surface area contributed by atoms with E-state index in [9.17, 15) is 14.4 Å². The number of ether oxygens (including phenoxy) is 1. The van der Waals surface area contributed by atoms with Crippen LogP contribution in [0.1, 0.15) is 26.3 Å². The molecule has 3 amide bonds. The first-order chi connectivity index (χ1) is 11.2. The summed E-state index contributed by atoms with van der Waals surface area (Å²) in [7, 11) is 0. The molecule has 0 aromatic heterocycles. The summed E-state index contributed by atoms with van der Waals surface area (Å²) in [4.78, 5) is 34.7. The summed E-state index contributed by atoms with van der Waals surface area (Å²) in [6, 6.07) is 7.07. The molecular formula is C17H23N3O4. The van der Waals surface area contributed by atoms with Crippen molar-refractivity contribution in [3.63, 3.8) is 0 Å². The number of carbonyl (C=O) groups excluding carboxylic acids is 3. The number of carbonyl (C=O) groups is 3. The summed E-state index contributed by atoms with van der Waals surface area (Å²) in [5.41, 5.74) is 0.698. The molecular weight excluding hydrogens is 310 g/mol. The number of para-hydroxylation sites is 1. The Morgan fingerprint density at radius 3 is 2.46 bits per heavy atom. The molecule has 0 aliphatic rings. The molecule has 0 aliphatic heterocycles. The lowest BCUT2D eigenvalue weighted by Gasteiger charge is -2.19. The molecule has 3 N–H and O–H groups in total. The molecule has 7 heteroatoms. The topological polar surface area (TPSA) is 96.5 Å². The van der Waals surface area contributed by atoms with Crippen LogP contribution in [-0.4, -0.2) is 30.1 Å². The Morgan fingerprint density at radius 2 is 1.83 bits per heavy atom. The van der Waals surface area contributed by atoms with E-state index in [2.05, 4.69) is 22.5 Å². The summed E-state index contributed by atoms with van der Waals surface area (Å²) in [5.74, 6) is -0.703. The molecule has 1 rings (SSSR count). The molecule has 7 nitrogen and oxygen atoms in total. The van der Waals surface area contributed by atoms with Crippen molar-refractivity contribution in [3.8, 4) is 0 Å². The molecule has 0 aliphatic carbocycles. The molecule has 0 bridgehead atoms. The van der Waals surface area contributed by atoms with Gasteiger partial charge in [-0.2, -0.15) is 0 Å². The van der Waals surface area contributed by atoms with Gasteiger partial charge in [0.2, 0.25) is 11.8 Å². The second-order valence-corrected chi connectivity index (χ2v) is 5.98. The highest BCUT2D eigenvalue weighted by Crippen LogP contribution is 2.14. The summed E-state index contributed by atoms with van der Waals surface area (Å²) in [6.07, 6.45) is 0.511. The minimum atomic E-state index is -0.656. The van der Waals surface area contributed by atoms with Gasteiger partial charge in [-0.1, -0.05) is 24.8 Å². The number of nitrogens with one attached hydrogen (secondary N) is 3. The highest BCUT2D eigenvalue weighted by atomic mass is 16.6. The van der Waals surface area contributed by atoms with Crippen LogP contribution >= 0.6 is 0 Å². The quantitative estimate of drug-likeness (QED) is 0.693. The molecule has 0 spiro atoms. The third-order valence-electron chi connectivity index (χ3n) is 2.73. The molecule has 24 heavy (non-hydrogen) atoms. The van der Waals surface area contributed by atoms with Gasteiger partial charge in [0.15, 0.2) is 0 Å². The highest BCUT2D eigenvalue weighted by Gasteiger charge is 2.16. The van der Waals surface area contributed by atoms with Gasteiger partial charge in [0, 0.05) is 12.2 Å². The minimum Gasteiger partial charge on any atom is -0.444 e. The van der Waals surface area contributed by atoms with Crippen LogP contribution in [0.3, 0.4) is 0 Å². The zero-order chi connectivity index (χ0) is 18.2.